The van der Waals surface area contributed by atoms with Gasteiger partial charge in [-0.15, -0.1) is 0 Å². The highest BCUT2D eigenvalue weighted by atomic mass is 32.2. The van der Waals surface area contributed by atoms with Crippen LogP contribution in [0.15, 0.2) is 64.5 Å². The molecule has 4 aromatic rings. The number of hydrogen-bond acceptors (Lipinski definition) is 9. The first-order chi connectivity index (χ1) is 18.1. The van der Waals surface area contributed by atoms with E-state index in [9.17, 15) is 17.6 Å². The smallest absolute Gasteiger partial charge is 0.279 e. The third-order valence-electron chi connectivity index (χ3n) is 5.44. The zero-order valence-corrected chi connectivity index (χ0v) is 21.5. The molecule has 2 aromatic carbocycles. The highest BCUT2D eigenvalue weighted by Gasteiger charge is 2.25. The van der Waals surface area contributed by atoms with Crippen LogP contribution in [-0.2, 0) is 27.9 Å². The quantitative estimate of drug-likeness (QED) is 0.272. The maximum absolute atomic E-state index is 13.2. The van der Waals surface area contributed by atoms with Crippen molar-refractivity contribution in [3.05, 3.63) is 66.3 Å². The van der Waals surface area contributed by atoms with E-state index in [1.54, 1.807) is 29.1 Å². The van der Waals surface area contributed by atoms with Crippen LogP contribution in [0.4, 0.5) is 10.2 Å². The standard InChI is InChI=1S/C24H24FN5O7S/c1-14(25)24(31)26-10-16-11-27-30(13-16)12-15-7-19(36-4)22-20(8-15)37-28-23(22)29-38(32,33)21-9-17(34-2)5-6-18(21)35-3/h5-9,11,13H,1,10,12H2,2-4H3,(H,26,31)(H,28,29). The molecule has 14 heteroatoms. The average Bonchev–Trinajstić information content (AvgIpc) is 3.52. The number of fused-ring (bicyclic) bond motifs is 1. The SMILES string of the molecule is C=C(F)C(=O)NCc1cnn(Cc2cc(OC)c3c(NS(=O)(=O)c4cc(OC)ccc4OC)noc3c2)c1. The summed E-state index contributed by atoms with van der Waals surface area (Å²) in [6, 6.07) is 7.75. The van der Waals surface area contributed by atoms with Crippen LogP contribution in [0.2, 0.25) is 0 Å². The van der Waals surface area contributed by atoms with Gasteiger partial charge < -0.3 is 24.1 Å². The summed E-state index contributed by atoms with van der Waals surface area (Å²) in [5.41, 5.74) is 1.64. The van der Waals surface area contributed by atoms with Gasteiger partial charge in [-0.2, -0.15) is 5.10 Å². The van der Waals surface area contributed by atoms with E-state index < -0.39 is 21.8 Å². The van der Waals surface area contributed by atoms with Gasteiger partial charge in [0, 0.05) is 24.4 Å². The fourth-order valence-corrected chi connectivity index (χ4v) is 4.83. The first-order valence-corrected chi connectivity index (χ1v) is 12.5. The van der Waals surface area contributed by atoms with Gasteiger partial charge in [-0.25, -0.2) is 12.8 Å². The Labute approximate surface area is 217 Å². The minimum Gasteiger partial charge on any atom is -0.497 e. The van der Waals surface area contributed by atoms with Gasteiger partial charge in [-0.3, -0.25) is 14.2 Å². The molecule has 2 aromatic heterocycles. The number of amides is 1. The van der Waals surface area contributed by atoms with E-state index >= 15 is 0 Å². The number of nitrogens with zero attached hydrogens (tertiary/aromatic N) is 3. The Hall–Kier alpha value is -4.59. The summed E-state index contributed by atoms with van der Waals surface area (Å²) in [6.45, 7) is 3.31. The molecule has 0 bridgehead atoms. The van der Waals surface area contributed by atoms with Gasteiger partial charge >= 0.3 is 0 Å². The zero-order valence-electron chi connectivity index (χ0n) is 20.6. The number of benzene rings is 2. The Morgan fingerprint density at radius 2 is 1.87 bits per heavy atom. The van der Waals surface area contributed by atoms with E-state index in [-0.39, 0.29) is 28.6 Å². The molecule has 200 valence electrons. The first kappa shape index (κ1) is 26.5. The molecule has 0 aliphatic carbocycles. The molecule has 0 unspecified atom stereocenters. The van der Waals surface area contributed by atoms with Gasteiger partial charge in [0.05, 0.1) is 34.1 Å². The fourth-order valence-electron chi connectivity index (χ4n) is 3.64. The summed E-state index contributed by atoms with van der Waals surface area (Å²) < 4.78 is 64.5. The number of hydrogen-bond donors (Lipinski definition) is 2. The van der Waals surface area contributed by atoms with Gasteiger partial charge in [-0.1, -0.05) is 11.7 Å². The molecule has 0 radical (unpaired) electrons. The van der Waals surface area contributed by atoms with Crippen molar-refractivity contribution in [3.8, 4) is 17.2 Å². The molecule has 0 saturated heterocycles. The van der Waals surface area contributed by atoms with Crippen LogP contribution in [0.1, 0.15) is 11.1 Å². The number of anilines is 1. The normalized spacial score (nSPS) is 11.3. The number of rotatable bonds is 11. The predicted molar refractivity (Wildman–Crippen MR) is 134 cm³/mol. The molecule has 0 saturated carbocycles. The number of sulfonamides is 1. The van der Waals surface area contributed by atoms with Crippen LogP contribution >= 0.6 is 0 Å². The lowest BCUT2D eigenvalue weighted by Crippen LogP contribution is -2.22. The number of halogens is 1. The molecule has 1 amide bonds. The Kier molecular flexibility index (Phi) is 7.52. The van der Waals surface area contributed by atoms with E-state index in [0.29, 0.717) is 34.6 Å². The number of nitrogens with one attached hydrogen (secondary N) is 2. The lowest BCUT2D eigenvalue weighted by atomic mass is 10.1. The average molecular weight is 546 g/mol. The molecule has 38 heavy (non-hydrogen) atoms. The molecule has 0 spiro atoms. The summed E-state index contributed by atoms with van der Waals surface area (Å²) in [5.74, 6) is -1.28. The van der Waals surface area contributed by atoms with Crippen molar-refractivity contribution >= 4 is 32.7 Å². The van der Waals surface area contributed by atoms with Gasteiger partial charge in [-0.05, 0) is 29.8 Å². The lowest BCUT2D eigenvalue weighted by molar-refractivity contribution is -0.119. The van der Waals surface area contributed by atoms with Crippen LogP contribution in [0.25, 0.3) is 11.0 Å². The Morgan fingerprint density at radius 3 is 2.55 bits per heavy atom. The van der Waals surface area contributed by atoms with Crippen molar-refractivity contribution in [2.45, 2.75) is 18.0 Å². The van der Waals surface area contributed by atoms with Crippen molar-refractivity contribution < 1.29 is 36.3 Å². The molecule has 0 aliphatic rings. The number of aromatic nitrogens is 3. The third-order valence-corrected chi connectivity index (χ3v) is 6.80. The molecule has 0 aliphatic heterocycles. The van der Waals surface area contributed by atoms with Gasteiger partial charge in [0.15, 0.2) is 17.2 Å². The molecular weight excluding hydrogens is 521 g/mol. The lowest BCUT2D eigenvalue weighted by Gasteiger charge is -2.12. The molecular formula is C24H24FN5O7S. The van der Waals surface area contributed by atoms with Crippen molar-refractivity contribution in [2.75, 3.05) is 26.1 Å². The van der Waals surface area contributed by atoms with E-state index in [4.69, 9.17) is 18.7 Å². The summed E-state index contributed by atoms with van der Waals surface area (Å²) in [6.07, 6.45) is 3.21. The minimum absolute atomic E-state index is 0.0696. The fraction of sp³-hybridized carbons (Fsp3) is 0.208. The maximum atomic E-state index is 13.2. The van der Waals surface area contributed by atoms with Gasteiger partial charge in [0.1, 0.15) is 27.5 Å². The van der Waals surface area contributed by atoms with Crippen LogP contribution in [0.3, 0.4) is 0 Å². The molecule has 0 atom stereocenters. The zero-order chi connectivity index (χ0) is 27.4. The second-order valence-corrected chi connectivity index (χ2v) is 9.61. The minimum atomic E-state index is -4.15. The van der Waals surface area contributed by atoms with Gasteiger partial charge in [0.2, 0.25) is 0 Å². The van der Waals surface area contributed by atoms with E-state index in [2.05, 4.69) is 26.9 Å². The van der Waals surface area contributed by atoms with Gasteiger partial charge in [0.25, 0.3) is 15.9 Å². The predicted octanol–water partition coefficient (Wildman–Crippen LogP) is 3.00. The largest absolute Gasteiger partial charge is 0.497 e. The number of ether oxygens (including phenoxy) is 3. The molecule has 0 fully saturated rings. The monoisotopic (exact) mass is 545 g/mol. The molecule has 2 heterocycles. The van der Waals surface area contributed by atoms with E-state index in [0.717, 1.165) is 0 Å². The Bertz CT molecular complexity index is 1610. The molecule has 12 nitrogen and oxygen atoms in total. The van der Waals surface area contributed by atoms with Crippen LogP contribution in [0, 0.1) is 0 Å². The number of carbonyl (C=O) groups is 1. The van der Waals surface area contributed by atoms with E-state index in [1.165, 1.54) is 39.7 Å². The Morgan fingerprint density at radius 1 is 1.11 bits per heavy atom. The number of carbonyl (C=O) groups excluding carboxylic acids is 1. The van der Waals surface area contributed by atoms with Crippen LogP contribution in [0.5, 0.6) is 17.2 Å². The van der Waals surface area contributed by atoms with Crippen LogP contribution in [-0.4, -0.2) is 50.6 Å². The summed E-state index contributed by atoms with van der Waals surface area (Å²) in [5, 5.41) is 10.8. The highest BCUT2D eigenvalue weighted by Crippen LogP contribution is 2.36. The van der Waals surface area contributed by atoms with Crippen molar-refractivity contribution in [1.82, 2.24) is 20.3 Å². The first-order valence-electron chi connectivity index (χ1n) is 11.0. The topological polar surface area (TPSA) is 147 Å². The molecule has 2 N–H and O–H groups in total. The van der Waals surface area contributed by atoms with Crippen LogP contribution < -0.4 is 24.2 Å². The number of methoxy groups -OCH3 is 3. The summed E-state index contributed by atoms with van der Waals surface area (Å²) >= 11 is 0. The van der Waals surface area contributed by atoms with Crippen molar-refractivity contribution in [2.24, 2.45) is 0 Å². The molecule has 4 rings (SSSR count). The summed E-state index contributed by atoms with van der Waals surface area (Å²) in [4.78, 5) is 11.2. The Balaban J connectivity index is 1.59. The highest BCUT2D eigenvalue weighted by molar-refractivity contribution is 7.92. The second-order valence-electron chi connectivity index (χ2n) is 7.96. The third kappa shape index (κ3) is 5.54. The van der Waals surface area contributed by atoms with E-state index in [1.807, 2.05) is 0 Å². The maximum Gasteiger partial charge on any atom is 0.279 e. The van der Waals surface area contributed by atoms with Crippen molar-refractivity contribution in [3.63, 3.8) is 0 Å². The second kappa shape index (κ2) is 10.8. The summed E-state index contributed by atoms with van der Waals surface area (Å²) in [7, 11) is 0.0584. The van der Waals surface area contributed by atoms with Crippen molar-refractivity contribution in [1.29, 1.82) is 0 Å².